The Balaban J connectivity index is 1.21. The second-order valence-corrected chi connectivity index (χ2v) is 9.72. The van der Waals surface area contributed by atoms with Crippen molar-refractivity contribution in [3.63, 3.8) is 0 Å². The van der Waals surface area contributed by atoms with E-state index >= 15 is 0 Å². The number of hydrogen-bond donors (Lipinski definition) is 3. The molecule has 2 amide bonds. The van der Waals surface area contributed by atoms with Crippen molar-refractivity contribution in [3.8, 4) is 0 Å². The molecule has 1 heterocycles. The Morgan fingerprint density at radius 2 is 1.37 bits per heavy atom. The highest BCUT2D eigenvalue weighted by Crippen LogP contribution is 2.26. The monoisotopic (exact) mass is 539 g/mol. The largest absolute Gasteiger partial charge is 0.380 e. The van der Waals surface area contributed by atoms with E-state index in [9.17, 15) is 24.2 Å². The maximum Gasteiger partial charge on any atom is 0.254 e. The SMILES string of the molecule is O=C(NCc1ccc(CCc2ccc(F)cc2)cc1)[C@H](O)[C@@H](O)C(=O)N1CCN(c2ccccc2Cl)CC1. The van der Waals surface area contributed by atoms with Crippen LogP contribution in [0.2, 0.25) is 5.02 Å². The molecular weight excluding hydrogens is 509 g/mol. The molecule has 9 heteroatoms. The van der Waals surface area contributed by atoms with Gasteiger partial charge in [-0.05, 0) is 53.8 Å². The van der Waals surface area contributed by atoms with E-state index in [2.05, 4.69) is 10.2 Å². The fraction of sp³-hybridized carbons (Fsp3) is 0.310. The number of hydrogen-bond acceptors (Lipinski definition) is 5. The predicted octanol–water partition coefficient (Wildman–Crippen LogP) is 2.95. The molecule has 200 valence electrons. The van der Waals surface area contributed by atoms with Crippen molar-refractivity contribution in [2.45, 2.75) is 31.6 Å². The third-order valence-electron chi connectivity index (χ3n) is 6.71. The van der Waals surface area contributed by atoms with Gasteiger partial charge in [-0.2, -0.15) is 0 Å². The number of benzene rings is 3. The lowest BCUT2D eigenvalue weighted by atomic mass is 10.0. The average Bonchev–Trinajstić information content (AvgIpc) is 2.95. The van der Waals surface area contributed by atoms with Crippen molar-refractivity contribution in [2.24, 2.45) is 0 Å². The zero-order chi connectivity index (χ0) is 27.1. The van der Waals surface area contributed by atoms with Crippen molar-refractivity contribution in [3.05, 3.63) is 100 Å². The van der Waals surface area contributed by atoms with E-state index in [1.165, 1.54) is 17.0 Å². The summed E-state index contributed by atoms with van der Waals surface area (Å²) in [7, 11) is 0. The summed E-state index contributed by atoms with van der Waals surface area (Å²) in [6, 6.07) is 21.5. The molecule has 3 aromatic carbocycles. The lowest BCUT2D eigenvalue weighted by molar-refractivity contribution is -0.153. The van der Waals surface area contributed by atoms with E-state index in [-0.39, 0.29) is 12.4 Å². The van der Waals surface area contributed by atoms with Gasteiger partial charge in [0.25, 0.3) is 11.8 Å². The zero-order valence-electron chi connectivity index (χ0n) is 20.9. The van der Waals surface area contributed by atoms with Crippen LogP contribution in [0.1, 0.15) is 16.7 Å². The Hall–Kier alpha value is -3.46. The Kier molecular flexibility index (Phi) is 9.33. The predicted molar refractivity (Wildman–Crippen MR) is 144 cm³/mol. The van der Waals surface area contributed by atoms with Gasteiger partial charge in [0.15, 0.2) is 12.2 Å². The maximum absolute atomic E-state index is 13.0. The van der Waals surface area contributed by atoms with Crippen LogP contribution in [0.5, 0.6) is 0 Å². The molecule has 0 bridgehead atoms. The van der Waals surface area contributed by atoms with E-state index < -0.39 is 24.0 Å². The summed E-state index contributed by atoms with van der Waals surface area (Å²) < 4.78 is 13.0. The second-order valence-electron chi connectivity index (χ2n) is 9.31. The van der Waals surface area contributed by atoms with Gasteiger partial charge >= 0.3 is 0 Å². The van der Waals surface area contributed by atoms with Crippen LogP contribution >= 0.6 is 11.6 Å². The molecule has 1 fully saturated rings. The number of aliphatic hydroxyl groups excluding tert-OH is 2. The maximum atomic E-state index is 13.0. The molecule has 2 atom stereocenters. The lowest BCUT2D eigenvalue weighted by Crippen LogP contribution is -2.55. The van der Waals surface area contributed by atoms with Crippen LogP contribution in [0.25, 0.3) is 0 Å². The quantitative estimate of drug-likeness (QED) is 0.389. The van der Waals surface area contributed by atoms with Crippen molar-refractivity contribution >= 4 is 29.1 Å². The Morgan fingerprint density at radius 3 is 1.97 bits per heavy atom. The molecule has 0 aliphatic carbocycles. The summed E-state index contributed by atoms with van der Waals surface area (Å²) in [5.74, 6) is -1.76. The number of aliphatic hydroxyl groups is 2. The van der Waals surface area contributed by atoms with Crippen LogP contribution in [-0.2, 0) is 29.0 Å². The van der Waals surface area contributed by atoms with Crippen LogP contribution in [0.3, 0.4) is 0 Å². The smallest absolute Gasteiger partial charge is 0.254 e. The van der Waals surface area contributed by atoms with Crippen LogP contribution in [-0.4, -0.2) is 65.3 Å². The molecule has 0 spiro atoms. The number of carbonyl (C=O) groups is 2. The Labute approximate surface area is 226 Å². The van der Waals surface area contributed by atoms with Crippen LogP contribution < -0.4 is 10.2 Å². The third-order valence-corrected chi connectivity index (χ3v) is 7.03. The highest BCUT2D eigenvalue weighted by Gasteiger charge is 2.34. The number of nitrogens with zero attached hydrogens (tertiary/aromatic N) is 2. The molecule has 3 N–H and O–H groups in total. The average molecular weight is 540 g/mol. The highest BCUT2D eigenvalue weighted by atomic mass is 35.5. The molecule has 3 aromatic rings. The summed E-state index contributed by atoms with van der Waals surface area (Å²) in [6.07, 6.45) is -2.16. The van der Waals surface area contributed by atoms with Gasteiger partial charge in [-0.15, -0.1) is 0 Å². The molecular formula is C29H31ClFN3O4. The lowest BCUT2D eigenvalue weighted by Gasteiger charge is -2.37. The molecule has 0 aromatic heterocycles. The van der Waals surface area contributed by atoms with Gasteiger partial charge in [0.1, 0.15) is 5.82 Å². The van der Waals surface area contributed by atoms with Gasteiger partial charge in [-0.3, -0.25) is 9.59 Å². The Morgan fingerprint density at radius 1 is 0.816 bits per heavy atom. The summed E-state index contributed by atoms with van der Waals surface area (Å²) in [5.41, 5.74) is 3.84. The molecule has 0 saturated carbocycles. The molecule has 1 aliphatic heterocycles. The van der Waals surface area contributed by atoms with E-state index in [0.29, 0.717) is 31.2 Å². The fourth-order valence-corrected chi connectivity index (χ4v) is 4.65. The number of para-hydroxylation sites is 1. The molecule has 7 nitrogen and oxygen atoms in total. The molecule has 1 saturated heterocycles. The van der Waals surface area contributed by atoms with Crippen molar-refractivity contribution in [1.29, 1.82) is 0 Å². The molecule has 1 aliphatic rings. The minimum Gasteiger partial charge on any atom is -0.380 e. The van der Waals surface area contributed by atoms with Gasteiger partial charge in [-0.25, -0.2) is 4.39 Å². The fourth-order valence-electron chi connectivity index (χ4n) is 4.40. The number of piperazine rings is 1. The Bertz CT molecular complexity index is 1230. The van der Waals surface area contributed by atoms with Crippen molar-refractivity contribution < 1.29 is 24.2 Å². The molecule has 4 rings (SSSR count). The number of rotatable bonds is 9. The first-order valence-corrected chi connectivity index (χ1v) is 12.9. The van der Waals surface area contributed by atoms with E-state index in [1.54, 1.807) is 18.2 Å². The van der Waals surface area contributed by atoms with Crippen LogP contribution in [0.15, 0.2) is 72.8 Å². The first kappa shape index (κ1) is 27.6. The highest BCUT2D eigenvalue weighted by molar-refractivity contribution is 6.33. The van der Waals surface area contributed by atoms with Gasteiger partial charge < -0.3 is 25.3 Å². The van der Waals surface area contributed by atoms with Gasteiger partial charge in [-0.1, -0.05) is 60.1 Å². The summed E-state index contributed by atoms with van der Waals surface area (Å²) in [4.78, 5) is 28.6. The number of nitrogens with one attached hydrogen (secondary N) is 1. The summed E-state index contributed by atoms with van der Waals surface area (Å²) in [5, 5.41) is 23.9. The number of aryl methyl sites for hydroxylation is 2. The van der Waals surface area contributed by atoms with Crippen LogP contribution in [0.4, 0.5) is 10.1 Å². The normalized spacial score (nSPS) is 15.2. The van der Waals surface area contributed by atoms with Gasteiger partial charge in [0.05, 0.1) is 10.7 Å². The summed E-state index contributed by atoms with van der Waals surface area (Å²) in [6.45, 7) is 1.85. The van der Waals surface area contributed by atoms with Crippen molar-refractivity contribution in [1.82, 2.24) is 10.2 Å². The first-order chi connectivity index (χ1) is 18.3. The minimum absolute atomic E-state index is 0.144. The third kappa shape index (κ3) is 7.10. The summed E-state index contributed by atoms with van der Waals surface area (Å²) >= 11 is 6.26. The number of halogens is 2. The zero-order valence-corrected chi connectivity index (χ0v) is 21.6. The topological polar surface area (TPSA) is 93.1 Å². The van der Waals surface area contributed by atoms with Crippen LogP contribution in [0, 0.1) is 5.82 Å². The number of carbonyl (C=O) groups excluding carboxylic acids is 2. The second kappa shape index (κ2) is 12.9. The molecule has 0 radical (unpaired) electrons. The molecule has 38 heavy (non-hydrogen) atoms. The van der Waals surface area contributed by atoms with E-state index in [4.69, 9.17) is 11.6 Å². The standard InChI is InChI=1S/C29H31ClFN3O4/c30-24-3-1-2-4-25(24)33-15-17-34(18-16-33)29(38)27(36)26(35)28(37)32-19-22-9-7-20(8-10-22)5-6-21-11-13-23(31)14-12-21/h1-4,7-14,26-27,35-36H,5-6,15-19H2,(H,32,37)/t26-,27-/m1/s1. The van der Waals surface area contributed by atoms with Gasteiger partial charge in [0, 0.05) is 32.7 Å². The van der Waals surface area contributed by atoms with Gasteiger partial charge in [0.2, 0.25) is 0 Å². The van der Waals surface area contributed by atoms with E-state index in [1.807, 2.05) is 42.5 Å². The number of amides is 2. The van der Waals surface area contributed by atoms with Crippen molar-refractivity contribution in [2.75, 3.05) is 31.1 Å². The minimum atomic E-state index is -1.88. The molecule has 0 unspecified atom stereocenters. The number of anilines is 1. The first-order valence-electron chi connectivity index (χ1n) is 12.6. The van der Waals surface area contributed by atoms with E-state index in [0.717, 1.165) is 35.2 Å².